The van der Waals surface area contributed by atoms with Gasteiger partial charge >= 0.3 is 0 Å². The van der Waals surface area contributed by atoms with Crippen LogP contribution in [0.3, 0.4) is 0 Å². The Morgan fingerprint density at radius 3 is 1.78 bits per heavy atom. The molecular weight excluding hydrogens is 320 g/mol. The van der Waals surface area contributed by atoms with Gasteiger partial charge in [0.05, 0.1) is 13.2 Å². The highest BCUT2D eigenvalue weighted by Crippen LogP contribution is 2.28. The molecule has 11 nitrogen and oxygen atoms in total. The maximum atomic E-state index is 10.00. The topological polar surface area (TPSA) is 190 Å². The van der Waals surface area contributed by atoms with Crippen molar-refractivity contribution in [2.45, 2.75) is 61.4 Å². The zero-order valence-electron chi connectivity index (χ0n) is 12.0. The van der Waals surface area contributed by atoms with Crippen molar-refractivity contribution in [3.05, 3.63) is 0 Å². The molecule has 2 saturated heterocycles. The first-order valence-corrected chi connectivity index (χ1v) is 7.08. The molecule has 2 fully saturated rings. The molecule has 2 rings (SSSR count). The van der Waals surface area contributed by atoms with Gasteiger partial charge in [0, 0.05) is 0 Å². The van der Waals surface area contributed by atoms with Gasteiger partial charge in [0.25, 0.3) is 0 Å². The molecule has 0 radical (unpaired) electrons. The van der Waals surface area contributed by atoms with E-state index in [0.717, 1.165) is 0 Å². The summed E-state index contributed by atoms with van der Waals surface area (Å²) in [6.07, 6.45) is -15.7. The second kappa shape index (κ2) is 7.63. The summed E-state index contributed by atoms with van der Waals surface area (Å²) < 4.78 is 15.1. The molecule has 0 aromatic carbocycles. The van der Waals surface area contributed by atoms with Gasteiger partial charge in [-0.1, -0.05) is 0 Å². The SMILES string of the molecule is OCC1O[C@@H](O[C@H]2C(O)[C@H](O)OC(CO)[C@H]2O)C(O)[C@H](O)[C@@H]1O. The largest absolute Gasteiger partial charge is 0.394 e. The third kappa shape index (κ3) is 3.65. The Balaban J connectivity index is 2.11. The zero-order chi connectivity index (χ0) is 17.3. The zero-order valence-corrected chi connectivity index (χ0v) is 12.0. The lowest BCUT2D eigenvalue weighted by Crippen LogP contribution is -2.64. The Bertz CT molecular complexity index is 380. The van der Waals surface area contributed by atoms with Crippen LogP contribution in [-0.2, 0) is 14.2 Å². The average molecular weight is 342 g/mol. The number of ether oxygens (including phenoxy) is 3. The summed E-state index contributed by atoms with van der Waals surface area (Å²) in [4.78, 5) is 0. The van der Waals surface area contributed by atoms with Gasteiger partial charge < -0.3 is 55.1 Å². The van der Waals surface area contributed by atoms with Gasteiger partial charge in [-0.25, -0.2) is 0 Å². The summed E-state index contributed by atoms with van der Waals surface area (Å²) in [6.45, 7) is -1.34. The molecule has 0 aliphatic carbocycles. The van der Waals surface area contributed by atoms with Crippen molar-refractivity contribution in [2.24, 2.45) is 0 Å². The molecule has 2 aliphatic rings. The smallest absolute Gasteiger partial charge is 0.187 e. The van der Waals surface area contributed by atoms with Crippen molar-refractivity contribution in [3.63, 3.8) is 0 Å². The number of aliphatic hydroxyl groups excluding tert-OH is 8. The highest BCUT2D eigenvalue weighted by Gasteiger charge is 2.50. The maximum Gasteiger partial charge on any atom is 0.187 e. The van der Waals surface area contributed by atoms with E-state index in [1.807, 2.05) is 0 Å². The van der Waals surface area contributed by atoms with E-state index >= 15 is 0 Å². The van der Waals surface area contributed by atoms with E-state index in [9.17, 15) is 30.6 Å². The Morgan fingerprint density at radius 1 is 0.652 bits per heavy atom. The third-order valence-electron chi connectivity index (χ3n) is 3.98. The van der Waals surface area contributed by atoms with Crippen molar-refractivity contribution in [1.82, 2.24) is 0 Å². The van der Waals surface area contributed by atoms with E-state index in [2.05, 4.69) is 0 Å². The van der Waals surface area contributed by atoms with Gasteiger partial charge in [0.2, 0.25) is 0 Å². The third-order valence-corrected chi connectivity index (χ3v) is 3.98. The fourth-order valence-electron chi connectivity index (χ4n) is 2.56. The van der Waals surface area contributed by atoms with Crippen LogP contribution in [0.15, 0.2) is 0 Å². The summed E-state index contributed by atoms with van der Waals surface area (Å²) in [5, 5.41) is 76.8. The Morgan fingerprint density at radius 2 is 1.22 bits per heavy atom. The van der Waals surface area contributed by atoms with Gasteiger partial charge in [0.1, 0.15) is 48.8 Å². The molecule has 2 aliphatic heterocycles. The molecule has 23 heavy (non-hydrogen) atoms. The van der Waals surface area contributed by atoms with Crippen molar-refractivity contribution in [1.29, 1.82) is 0 Å². The molecule has 10 atom stereocenters. The van der Waals surface area contributed by atoms with Crippen LogP contribution in [0.2, 0.25) is 0 Å². The number of aliphatic hydroxyl groups is 8. The highest BCUT2D eigenvalue weighted by atomic mass is 16.7. The highest BCUT2D eigenvalue weighted by molar-refractivity contribution is 4.93. The lowest BCUT2D eigenvalue weighted by Gasteiger charge is -2.45. The second-order valence-electron chi connectivity index (χ2n) is 5.53. The Kier molecular flexibility index (Phi) is 6.27. The summed E-state index contributed by atoms with van der Waals surface area (Å²) in [5.74, 6) is 0. The average Bonchev–Trinajstić information content (AvgIpc) is 2.54. The summed E-state index contributed by atoms with van der Waals surface area (Å²) in [5.41, 5.74) is 0. The molecule has 11 heteroatoms. The number of hydrogen-bond acceptors (Lipinski definition) is 11. The first-order valence-electron chi connectivity index (χ1n) is 7.08. The molecule has 2 heterocycles. The molecular formula is C12H22O11. The van der Waals surface area contributed by atoms with Crippen LogP contribution in [-0.4, -0.2) is 115 Å². The molecule has 136 valence electrons. The van der Waals surface area contributed by atoms with E-state index in [0.29, 0.717) is 0 Å². The van der Waals surface area contributed by atoms with Crippen molar-refractivity contribution < 1.29 is 55.1 Å². The predicted molar refractivity (Wildman–Crippen MR) is 68.6 cm³/mol. The lowest BCUT2D eigenvalue weighted by atomic mass is 9.97. The van der Waals surface area contributed by atoms with Crippen LogP contribution in [0, 0.1) is 0 Å². The summed E-state index contributed by atoms with van der Waals surface area (Å²) in [6, 6.07) is 0. The van der Waals surface area contributed by atoms with Gasteiger partial charge in [-0.2, -0.15) is 0 Å². The van der Waals surface area contributed by atoms with Crippen LogP contribution >= 0.6 is 0 Å². The fourth-order valence-corrected chi connectivity index (χ4v) is 2.56. The Hall–Kier alpha value is -0.440. The van der Waals surface area contributed by atoms with E-state index in [1.54, 1.807) is 0 Å². The molecule has 0 saturated carbocycles. The van der Waals surface area contributed by atoms with Crippen LogP contribution < -0.4 is 0 Å². The minimum Gasteiger partial charge on any atom is -0.394 e. The Labute approximate surface area is 130 Å². The number of hydrogen-bond donors (Lipinski definition) is 8. The monoisotopic (exact) mass is 342 g/mol. The molecule has 0 aromatic heterocycles. The minimum atomic E-state index is -1.76. The van der Waals surface area contributed by atoms with E-state index in [-0.39, 0.29) is 0 Å². The fraction of sp³-hybridized carbons (Fsp3) is 1.00. The van der Waals surface area contributed by atoms with E-state index in [1.165, 1.54) is 0 Å². The number of rotatable bonds is 4. The molecule has 0 amide bonds. The van der Waals surface area contributed by atoms with E-state index in [4.69, 9.17) is 24.4 Å². The molecule has 0 aromatic rings. The molecule has 0 spiro atoms. The minimum absolute atomic E-state index is 0.667. The molecule has 0 bridgehead atoms. The maximum absolute atomic E-state index is 10.00. The van der Waals surface area contributed by atoms with Crippen molar-refractivity contribution >= 4 is 0 Å². The molecule has 4 unspecified atom stereocenters. The van der Waals surface area contributed by atoms with Crippen LogP contribution in [0.4, 0.5) is 0 Å². The van der Waals surface area contributed by atoms with Crippen LogP contribution in [0.1, 0.15) is 0 Å². The molecule has 8 N–H and O–H groups in total. The van der Waals surface area contributed by atoms with Crippen LogP contribution in [0.25, 0.3) is 0 Å². The van der Waals surface area contributed by atoms with Gasteiger partial charge in [0.15, 0.2) is 12.6 Å². The van der Waals surface area contributed by atoms with Gasteiger partial charge in [-0.15, -0.1) is 0 Å². The van der Waals surface area contributed by atoms with Gasteiger partial charge in [-0.3, -0.25) is 0 Å². The first kappa shape index (κ1) is 18.9. The van der Waals surface area contributed by atoms with Crippen molar-refractivity contribution in [2.75, 3.05) is 13.2 Å². The summed E-state index contributed by atoms with van der Waals surface area (Å²) in [7, 11) is 0. The van der Waals surface area contributed by atoms with Gasteiger partial charge in [-0.05, 0) is 0 Å². The summed E-state index contributed by atoms with van der Waals surface area (Å²) >= 11 is 0. The standard InChI is InChI=1S/C12H22O11/c13-1-3-5(15)7(17)8(18)12(22-3)23-10-6(16)4(2-14)21-11(20)9(10)19/h3-20H,1-2H2/t3?,4?,5-,6-,7-,8?,9?,10-,11-,12+/m1/s1. The van der Waals surface area contributed by atoms with Crippen molar-refractivity contribution in [3.8, 4) is 0 Å². The van der Waals surface area contributed by atoms with E-state index < -0.39 is 74.6 Å². The first-order chi connectivity index (χ1) is 10.8. The second-order valence-corrected chi connectivity index (χ2v) is 5.53. The predicted octanol–water partition coefficient (Wildman–Crippen LogP) is -5.40. The lowest BCUT2D eigenvalue weighted by molar-refractivity contribution is -0.355. The van der Waals surface area contributed by atoms with Crippen LogP contribution in [0.5, 0.6) is 0 Å². The quantitative estimate of drug-likeness (QED) is 0.243. The normalized spacial score (nSPS) is 51.7.